The van der Waals surface area contributed by atoms with Crippen LogP contribution in [0.5, 0.6) is 0 Å². The zero-order chi connectivity index (χ0) is 47.9. The van der Waals surface area contributed by atoms with Crippen molar-refractivity contribution in [3.63, 3.8) is 0 Å². The van der Waals surface area contributed by atoms with Gasteiger partial charge in [0.1, 0.15) is 36.3 Å². The summed E-state index contributed by atoms with van der Waals surface area (Å²) in [5, 5.41) is 28.4. The molecule has 8 amide bonds. The summed E-state index contributed by atoms with van der Waals surface area (Å²) >= 11 is 0. The summed E-state index contributed by atoms with van der Waals surface area (Å²) in [5.41, 5.74) is 12.3. The molecule has 12 N–H and O–H groups in total. The van der Waals surface area contributed by atoms with Crippen LogP contribution in [-0.4, -0.2) is 126 Å². The number of hydrogen-bond donors (Lipinski definition) is 10. The van der Waals surface area contributed by atoms with Crippen LogP contribution in [0.4, 0.5) is 4.79 Å². The second kappa shape index (κ2) is 27.5. The van der Waals surface area contributed by atoms with Gasteiger partial charge < -0.3 is 58.7 Å². The molecule has 3 rings (SSSR count). The lowest BCUT2D eigenvalue weighted by molar-refractivity contribution is -0.144. The maximum atomic E-state index is 14.6. The minimum atomic E-state index is -1.44. The van der Waals surface area contributed by atoms with E-state index in [4.69, 9.17) is 11.5 Å². The summed E-state index contributed by atoms with van der Waals surface area (Å²) in [7, 11) is 1.40. The number of aliphatic carboxylic acids is 1. The van der Waals surface area contributed by atoms with Gasteiger partial charge in [-0.25, -0.2) is 9.59 Å². The number of hydrogen-bond acceptors (Lipinski definition) is 9. The first-order chi connectivity index (χ1) is 31.1. The van der Waals surface area contributed by atoms with E-state index in [0.717, 1.165) is 11.1 Å². The number of nitrogens with one attached hydrogen (secondary N) is 7. The van der Waals surface area contributed by atoms with Crippen molar-refractivity contribution in [1.82, 2.24) is 42.1 Å². The Kier molecular flexibility index (Phi) is 22.2. The summed E-state index contributed by atoms with van der Waals surface area (Å²) in [6.07, 6.45) is 1.24. The molecule has 1 aliphatic heterocycles. The first kappa shape index (κ1) is 52.6. The van der Waals surface area contributed by atoms with Crippen LogP contribution in [0.15, 0.2) is 65.7 Å². The molecule has 0 saturated carbocycles. The molecule has 0 aromatic heterocycles. The van der Waals surface area contributed by atoms with Crippen LogP contribution in [-0.2, 0) is 46.4 Å². The van der Waals surface area contributed by atoms with Crippen molar-refractivity contribution < 1.29 is 43.5 Å². The molecule has 2 aromatic carbocycles. The highest BCUT2D eigenvalue weighted by Gasteiger charge is 2.38. The number of carbonyl (C=O) groups is 8. The minimum Gasteiger partial charge on any atom is -0.480 e. The highest BCUT2D eigenvalue weighted by Crippen LogP contribution is 2.16. The van der Waals surface area contributed by atoms with Crippen molar-refractivity contribution in [2.24, 2.45) is 22.4 Å². The van der Waals surface area contributed by atoms with Gasteiger partial charge in [-0.2, -0.15) is 0 Å². The van der Waals surface area contributed by atoms with E-state index in [2.05, 4.69) is 42.2 Å². The SMILES string of the molecule is CCC(C)C1NC(=O)C(NC(=O)NC(CCCN=C(N)N)C(=O)O)CCCCNC(=O)C(Cc2ccccc2)N(CC)C(=O)C(CC(=O)NC)NC(=O)C(CCc2ccccc2)NC1=O. The topological polar surface area (TPSA) is 309 Å². The van der Waals surface area contributed by atoms with Crippen molar-refractivity contribution >= 4 is 53.4 Å². The molecular formula is C45H67N11O9. The first-order valence-electron chi connectivity index (χ1n) is 22.2. The molecule has 65 heavy (non-hydrogen) atoms. The average Bonchev–Trinajstić information content (AvgIpc) is 3.29. The number of aryl methyl sites for hydroxylation is 1. The lowest BCUT2D eigenvalue weighted by Crippen LogP contribution is -2.61. The van der Waals surface area contributed by atoms with Crippen molar-refractivity contribution in [3.05, 3.63) is 71.8 Å². The van der Waals surface area contributed by atoms with Crippen molar-refractivity contribution in [3.8, 4) is 0 Å². The molecule has 1 aliphatic rings. The number of nitrogens with two attached hydrogens (primary N) is 2. The first-order valence-corrected chi connectivity index (χ1v) is 22.2. The number of amides is 8. The van der Waals surface area contributed by atoms with E-state index >= 15 is 0 Å². The molecule has 0 radical (unpaired) electrons. The number of carboxylic acid groups (broad SMARTS) is 1. The van der Waals surface area contributed by atoms with Gasteiger partial charge in [-0.05, 0) is 68.9 Å². The maximum absolute atomic E-state index is 14.6. The lowest BCUT2D eigenvalue weighted by atomic mass is 9.96. The van der Waals surface area contributed by atoms with E-state index in [1.165, 1.54) is 11.9 Å². The molecule has 7 atom stereocenters. The molecule has 1 saturated heterocycles. The van der Waals surface area contributed by atoms with Crippen LogP contribution in [0.2, 0.25) is 0 Å². The Labute approximate surface area is 380 Å². The third-order valence-corrected chi connectivity index (χ3v) is 11.2. The van der Waals surface area contributed by atoms with Crippen LogP contribution in [0.1, 0.15) is 83.3 Å². The number of nitrogens with zero attached hydrogens (tertiary/aromatic N) is 2. The highest BCUT2D eigenvalue weighted by molar-refractivity contribution is 5.98. The van der Waals surface area contributed by atoms with E-state index in [-0.39, 0.29) is 64.1 Å². The van der Waals surface area contributed by atoms with Gasteiger partial charge in [-0.15, -0.1) is 0 Å². The van der Waals surface area contributed by atoms with Gasteiger partial charge >= 0.3 is 12.0 Å². The molecule has 20 nitrogen and oxygen atoms in total. The van der Waals surface area contributed by atoms with E-state index in [9.17, 15) is 43.5 Å². The molecule has 356 valence electrons. The molecule has 20 heteroatoms. The van der Waals surface area contributed by atoms with Crippen LogP contribution < -0.4 is 48.7 Å². The molecule has 0 bridgehead atoms. The van der Waals surface area contributed by atoms with Gasteiger partial charge in [0, 0.05) is 33.1 Å². The van der Waals surface area contributed by atoms with Crippen molar-refractivity contribution in [1.29, 1.82) is 0 Å². The van der Waals surface area contributed by atoms with E-state index in [1.54, 1.807) is 26.0 Å². The van der Waals surface area contributed by atoms with E-state index in [1.807, 2.05) is 55.5 Å². The Morgan fingerprint density at radius 2 is 1.51 bits per heavy atom. The number of aliphatic imine (C=N–C) groups is 1. The molecule has 7 unspecified atom stereocenters. The predicted octanol–water partition coefficient (Wildman–Crippen LogP) is 0.190. The number of benzene rings is 2. The van der Waals surface area contributed by atoms with Crippen LogP contribution in [0.25, 0.3) is 0 Å². The quantitative estimate of drug-likeness (QED) is 0.0581. The van der Waals surface area contributed by atoms with Gasteiger partial charge in [-0.1, -0.05) is 80.9 Å². The van der Waals surface area contributed by atoms with Gasteiger partial charge in [-0.3, -0.25) is 33.8 Å². The largest absolute Gasteiger partial charge is 0.480 e. The monoisotopic (exact) mass is 906 g/mol. The fourth-order valence-electron chi connectivity index (χ4n) is 7.30. The van der Waals surface area contributed by atoms with Gasteiger partial charge in [0.05, 0.1) is 6.42 Å². The third kappa shape index (κ3) is 17.8. The average molecular weight is 906 g/mol. The smallest absolute Gasteiger partial charge is 0.326 e. The summed E-state index contributed by atoms with van der Waals surface area (Å²) < 4.78 is 0. The number of likely N-dealkylation sites (N-methyl/N-ethyl adjacent to an activating group) is 1. The summed E-state index contributed by atoms with van der Waals surface area (Å²) in [5.74, 6) is -5.93. The van der Waals surface area contributed by atoms with Gasteiger partial charge in [0.2, 0.25) is 35.4 Å². The Bertz CT molecular complexity index is 1930. The lowest BCUT2D eigenvalue weighted by Gasteiger charge is -2.34. The summed E-state index contributed by atoms with van der Waals surface area (Å²) in [4.78, 5) is 115. The van der Waals surface area contributed by atoms with Crippen LogP contribution >= 0.6 is 0 Å². The van der Waals surface area contributed by atoms with Crippen molar-refractivity contribution in [2.75, 3.05) is 26.7 Å². The van der Waals surface area contributed by atoms with E-state index < -0.39 is 96.0 Å². The number of carbonyl (C=O) groups excluding carboxylic acids is 7. The summed E-state index contributed by atoms with van der Waals surface area (Å²) in [6, 6.07) is 9.69. The van der Waals surface area contributed by atoms with Gasteiger partial charge in [0.15, 0.2) is 5.96 Å². The maximum Gasteiger partial charge on any atom is 0.326 e. The zero-order valence-electron chi connectivity index (χ0n) is 37.8. The minimum absolute atomic E-state index is 0.0164. The zero-order valence-corrected chi connectivity index (χ0v) is 37.8. The van der Waals surface area contributed by atoms with Crippen LogP contribution in [0.3, 0.4) is 0 Å². The van der Waals surface area contributed by atoms with Crippen LogP contribution in [0, 0.1) is 5.92 Å². The Hall–Kier alpha value is -6.73. The second-order valence-electron chi connectivity index (χ2n) is 16.0. The van der Waals surface area contributed by atoms with Gasteiger partial charge in [0.25, 0.3) is 0 Å². The normalized spacial score (nSPS) is 21.3. The number of carboxylic acids is 1. The fourth-order valence-corrected chi connectivity index (χ4v) is 7.30. The molecule has 1 heterocycles. The number of rotatable bonds is 17. The Morgan fingerprint density at radius 1 is 0.862 bits per heavy atom. The summed E-state index contributed by atoms with van der Waals surface area (Å²) in [6.45, 7) is 5.51. The Morgan fingerprint density at radius 3 is 2.11 bits per heavy atom. The Balaban J connectivity index is 2.07. The third-order valence-electron chi connectivity index (χ3n) is 11.2. The second-order valence-corrected chi connectivity index (χ2v) is 16.0. The number of urea groups is 1. The molecular weight excluding hydrogens is 839 g/mol. The predicted molar refractivity (Wildman–Crippen MR) is 244 cm³/mol. The fraction of sp³-hybridized carbons (Fsp3) is 0.533. The molecule has 0 aliphatic carbocycles. The van der Waals surface area contributed by atoms with Crippen molar-refractivity contribution in [2.45, 2.75) is 121 Å². The number of guanidine groups is 1. The molecule has 0 spiro atoms. The molecule has 2 aromatic rings. The standard InChI is InChI=1S/C45H67N11O9/c1-5-28(3)37-41(61)51-32(23-22-29-16-9-7-10-17-29)38(58)52-34(27-36(57)48-4)42(62)56(6-2)35(26-30-18-11-8-12-19-30)40(60)49-24-14-13-20-31(39(59)55-37)53-45(65)54-33(43(63)64)21-15-25-50-44(46)47/h7-12,16-19,28,31-35,37H,5-6,13-15,20-27H2,1-4H3,(H,48,57)(H,49,60)(H,51,61)(H,52,58)(H,55,59)(H,63,64)(H4,46,47,50)(H2,53,54,65). The molecule has 1 fully saturated rings. The highest BCUT2D eigenvalue weighted by atomic mass is 16.4. The van der Waals surface area contributed by atoms with E-state index in [0.29, 0.717) is 19.3 Å².